The van der Waals surface area contributed by atoms with Gasteiger partial charge in [-0.3, -0.25) is 0 Å². The monoisotopic (exact) mass is 416 g/mol. The third-order valence-electron chi connectivity index (χ3n) is 3.72. The zero-order chi connectivity index (χ0) is 20.0. The maximum atomic E-state index is 9.02. The molecule has 0 atom stereocenters. The lowest BCUT2D eigenvalue weighted by molar-refractivity contribution is 0.260. The molecule has 0 spiro atoms. The first kappa shape index (κ1) is 21.7. The molecule has 0 saturated heterocycles. The third kappa shape index (κ3) is 8.89. The van der Waals surface area contributed by atoms with Crippen LogP contribution >= 0.6 is 23.2 Å². The van der Waals surface area contributed by atoms with Crippen molar-refractivity contribution in [3.8, 4) is 0 Å². The maximum absolute atomic E-state index is 9.02. The fraction of sp³-hybridized carbons (Fsp3) is 0.182. The van der Waals surface area contributed by atoms with E-state index >= 15 is 0 Å². The second kappa shape index (κ2) is 12.8. The fourth-order valence-corrected chi connectivity index (χ4v) is 2.82. The van der Waals surface area contributed by atoms with Crippen molar-refractivity contribution in [2.45, 2.75) is 25.7 Å². The summed E-state index contributed by atoms with van der Waals surface area (Å²) in [6, 6.07) is 19.8. The lowest BCUT2D eigenvalue weighted by Crippen LogP contribution is -1.99. The van der Waals surface area contributed by atoms with E-state index in [4.69, 9.17) is 33.2 Å². The number of hydrogen-bond donors (Lipinski definition) is 1. The van der Waals surface area contributed by atoms with Crippen molar-refractivity contribution in [3.63, 3.8) is 0 Å². The summed E-state index contributed by atoms with van der Waals surface area (Å²) in [5.41, 5.74) is 2.25. The van der Waals surface area contributed by atoms with Gasteiger partial charge in [-0.2, -0.15) is 0 Å². The van der Waals surface area contributed by atoms with Gasteiger partial charge in [-0.25, -0.2) is 0 Å². The molecule has 4 nitrogen and oxygen atoms in total. The predicted octanol–water partition coefficient (Wildman–Crippen LogP) is 6.29. The van der Waals surface area contributed by atoms with E-state index in [1.165, 1.54) is 0 Å². The minimum absolute atomic E-state index is 0.0572. The second-order valence-electron chi connectivity index (χ2n) is 5.94. The molecule has 0 aromatic heterocycles. The largest absolute Gasteiger partial charge is 0.408 e. The van der Waals surface area contributed by atoms with Crippen LogP contribution in [0, 0.1) is 0 Å². The van der Waals surface area contributed by atoms with Gasteiger partial charge in [-0.15, -0.1) is 0 Å². The molecule has 0 heterocycles. The zero-order valence-electron chi connectivity index (χ0n) is 15.3. The van der Waals surface area contributed by atoms with Crippen LogP contribution in [-0.4, -0.2) is 17.3 Å². The van der Waals surface area contributed by atoms with Gasteiger partial charge in [0.15, 0.2) is 0 Å². The van der Waals surface area contributed by atoms with Crippen molar-refractivity contribution in [2.24, 2.45) is 10.3 Å². The van der Waals surface area contributed by atoms with Crippen molar-refractivity contribution in [3.05, 3.63) is 94.0 Å². The maximum Gasteiger partial charge on any atom is 0.264 e. The Bertz CT molecular complexity index is 832. The van der Waals surface area contributed by atoms with Crippen LogP contribution in [0.3, 0.4) is 0 Å². The van der Waals surface area contributed by atoms with Crippen molar-refractivity contribution >= 4 is 35.3 Å². The molecule has 0 fully saturated rings. The molecule has 0 saturated carbocycles. The van der Waals surface area contributed by atoms with Gasteiger partial charge in [-0.05, 0) is 11.1 Å². The Morgan fingerprint density at radius 2 is 1.39 bits per heavy atom. The van der Waals surface area contributed by atoms with E-state index in [-0.39, 0.29) is 12.3 Å². The van der Waals surface area contributed by atoms with Crippen LogP contribution in [0.5, 0.6) is 0 Å². The highest BCUT2D eigenvalue weighted by Gasteiger charge is 2.01. The lowest BCUT2D eigenvalue weighted by Gasteiger charge is -2.01. The number of rotatable bonds is 9. The van der Waals surface area contributed by atoms with Crippen LogP contribution in [0.2, 0.25) is 0 Å². The van der Waals surface area contributed by atoms with E-state index < -0.39 is 0 Å². The first-order chi connectivity index (χ1) is 13.7. The molecule has 0 radical (unpaired) electrons. The second-order valence-corrected chi connectivity index (χ2v) is 6.91. The van der Waals surface area contributed by atoms with Gasteiger partial charge >= 0.3 is 0 Å². The minimum Gasteiger partial charge on any atom is -0.408 e. The summed E-state index contributed by atoms with van der Waals surface area (Å²) < 4.78 is 0. The topological polar surface area (TPSA) is 54.2 Å². The molecule has 0 aliphatic heterocycles. The van der Waals surface area contributed by atoms with E-state index in [1.807, 2.05) is 66.7 Å². The molecule has 2 rings (SSSR count). The van der Waals surface area contributed by atoms with Crippen molar-refractivity contribution in [1.82, 2.24) is 0 Å². The Balaban J connectivity index is 1.73. The summed E-state index contributed by atoms with van der Waals surface area (Å²) in [6.45, 7) is 0. The van der Waals surface area contributed by atoms with E-state index in [2.05, 4.69) is 10.3 Å². The van der Waals surface area contributed by atoms with Gasteiger partial charge in [-0.1, -0.05) is 106 Å². The van der Waals surface area contributed by atoms with Gasteiger partial charge < -0.3 is 10.0 Å². The van der Waals surface area contributed by atoms with Crippen LogP contribution in [0.15, 0.2) is 93.2 Å². The smallest absolute Gasteiger partial charge is 0.264 e. The van der Waals surface area contributed by atoms with Crippen LogP contribution < -0.4 is 0 Å². The normalized spacial score (nSPS) is 13.1. The van der Waals surface area contributed by atoms with Crippen molar-refractivity contribution in [1.29, 1.82) is 0 Å². The number of oxime groups is 2. The number of halogens is 2. The van der Waals surface area contributed by atoms with Crippen LogP contribution in [0.1, 0.15) is 24.0 Å². The number of hydrogen-bond acceptors (Lipinski definition) is 4. The van der Waals surface area contributed by atoms with Crippen molar-refractivity contribution in [2.75, 3.05) is 0 Å². The summed E-state index contributed by atoms with van der Waals surface area (Å²) in [4.78, 5) is 5.09. The fourth-order valence-electron chi connectivity index (χ4n) is 2.34. The standard InChI is InChI=1S/C22H22Cl2N2O2/c23-20(16-18-8-3-1-4-9-18)12-7-15-25-28-22(26-27)14-13-21(24)17-19-10-5-2-6-11-19/h1-6,8-13,15,27H,7,14,16-17H2. The highest BCUT2D eigenvalue weighted by atomic mass is 35.5. The van der Waals surface area contributed by atoms with Gasteiger partial charge in [0.1, 0.15) is 0 Å². The molecule has 6 heteroatoms. The molecule has 2 aromatic carbocycles. The van der Waals surface area contributed by atoms with Crippen molar-refractivity contribution < 1.29 is 10.0 Å². The Hall–Kier alpha value is -2.56. The van der Waals surface area contributed by atoms with E-state index in [0.29, 0.717) is 24.3 Å². The van der Waals surface area contributed by atoms with E-state index in [1.54, 1.807) is 12.3 Å². The molecule has 146 valence electrons. The van der Waals surface area contributed by atoms with Crippen LogP contribution in [0.25, 0.3) is 0 Å². The van der Waals surface area contributed by atoms with Gasteiger partial charge in [0.2, 0.25) is 0 Å². The highest BCUT2D eigenvalue weighted by Crippen LogP contribution is 2.13. The zero-order valence-corrected chi connectivity index (χ0v) is 16.9. The molecule has 0 amide bonds. The Kier molecular flexibility index (Phi) is 9.91. The van der Waals surface area contributed by atoms with E-state index in [0.717, 1.165) is 16.2 Å². The van der Waals surface area contributed by atoms with E-state index in [9.17, 15) is 0 Å². The third-order valence-corrected chi connectivity index (χ3v) is 4.29. The van der Waals surface area contributed by atoms with Gasteiger partial charge in [0.25, 0.3) is 5.90 Å². The minimum atomic E-state index is 0.0572. The molecule has 0 unspecified atom stereocenters. The Morgan fingerprint density at radius 1 is 0.857 bits per heavy atom. The molecular formula is C22H22Cl2N2O2. The first-order valence-corrected chi connectivity index (χ1v) is 9.59. The highest BCUT2D eigenvalue weighted by molar-refractivity contribution is 6.30. The summed E-state index contributed by atoms with van der Waals surface area (Å²) in [5.74, 6) is 0.0572. The average Bonchev–Trinajstić information content (AvgIpc) is 2.71. The number of nitrogens with zero attached hydrogens (tertiary/aromatic N) is 2. The van der Waals surface area contributed by atoms with Crippen LogP contribution in [0.4, 0.5) is 0 Å². The van der Waals surface area contributed by atoms with Crippen LogP contribution in [-0.2, 0) is 17.7 Å². The molecular weight excluding hydrogens is 395 g/mol. The lowest BCUT2D eigenvalue weighted by atomic mass is 10.1. The van der Waals surface area contributed by atoms with Gasteiger partial charge in [0.05, 0.1) is 0 Å². The molecule has 0 aliphatic carbocycles. The average molecular weight is 417 g/mol. The molecule has 0 bridgehead atoms. The SMILES string of the molecule is ON=C(CC=C(Cl)Cc1ccccc1)ON=CCC=C(Cl)Cc1ccccc1. The summed E-state index contributed by atoms with van der Waals surface area (Å²) in [5, 5.41) is 17.3. The molecule has 0 aliphatic rings. The number of allylic oxidation sites excluding steroid dienone is 3. The molecule has 28 heavy (non-hydrogen) atoms. The Labute approximate surface area is 175 Å². The Morgan fingerprint density at radius 3 is 1.93 bits per heavy atom. The predicted molar refractivity (Wildman–Crippen MR) is 116 cm³/mol. The summed E-state index contributed by atoms with van der Waals surface area (Å²) in [7, 11) is 0. The number of benzene rings is 2. The summed E-state index contributed by atoms with van der Waals surface area (Å²) in [6.07, 6.45) is 7.16. The molecule has 2 aromatic rings. The summed E-state index contributed by atoms with van der Waals surface area (Å²) >= 11 is 12.4. The molecule has 1 N–H and O–H groups in total. The first-order valence-electron chi connectivity index (χ1n) is 8.84. The van der Waals surface area contributed by atoms with Gasteiger partial charge in [0, 0.05) is 42.0 Å². The quantitative estimate of drug-likeness (QED) is 0.226.